The van der Waals surface area contributed by atoms with Crippen LogP contribution in [0.15, 0.2) is 0 Å². The molecule has 0 spiro atoms. The second kappa shape index (κ2) is 6.16. The number of amides is 1. The molecule has 11 heavy (non-hydrogen) atoms. The van der Waals surface area contributed by atoms with E-state index in [4.69, 9.17) is 5.73 Å². The van der Waals surface area contributed by atoms with Crippen molar-refractivity contribution in [3.8, 4) is 0 Å². The summed E-state index contributed by atoms with van der Waals surface area (Å²) in [5.41, 5.74) is 5.49. The Bertz CT molecular complexity index is 113. The minimum atomic E-state index is 0.115. The molecular formula is C8H18N2O. The first kappa shape index (κ1) is 10.4. The third-order valence-corrected chi connectivity index (χ3v) is 1.40. The van der Waals surface area contributed by atoms with Crippen molar-refractivity contribution in [2.45, 2.75) is 39.2 Å². The molecule has 0 unspecified atom stereocenters. The summed E-state index contributed by atoms with van der Waals surface area (Å²) in [6, 6.07) is 0.127. The van der Waals surface area contributed by atoms with Gasteiger partial charge in [-0.1, -0.05) is 6.92 Å². The molecule has 0 aromatic heterocycles. The van der Waals surface area contributed by atoms with E-state index in [1.54, 1.807) is 0 Å². The normalized spacial score (nSPS) is 12.6. The van der Waals surface area contributed by atoms with Gasteiger partial charge in [0.25, 0.3) is 0 Å². The molecule has 3 heteroatoms. The number of hydrogen-bond donors (Lipinski definition) is 2. The molecule has 0 aliphatic rings. The van der Waals surface area contributed by atoms with Gasteiger partial charge in [0.05, 0.1) is 0 Å². The fourth-order valence-corrected chi connectivity index (χ4v) is 0.712. The van der Waals surface area contributed by atoms with E-state index in [0.29, 0.717) is 6.42 Å². The quantitative estimate of drug-likeness (QED) is 0.617. The van der Waals surface area contributed by atoms with Gasteiger partial charge in [-0.3, -0.25) is 4.79 Å². The first-order valence-corrected chi connectivity index (χ1v) is 4.19. The van der Waals surface area contributed by atoms with Crippen LogP contribution in [0.4, 0.5) is 0 Å². The molecule has 0 aliphatic carbocycles. The average Bonchev–Trinajstić information content (AvgIpc) is 1.97. The van der Waals surface area contributed by atoms with Crippen molar-refractivity contribution in [2.75, 3.05) is 6.54 Å². The summed E-state index contributed by atoms with van der Waals surface area (Å²) in [5.74, 6) is 0.115. The topological polar surface area (TPSA) is 55.1 Å². The van der Waals surface area contributed by atoms with Crippen molar-refractivity contribution in [1.29, 1.82) is 0 Å². The summed E-state index contributed by atoms with van der Waals surface area (Å²) in [4.78, 5) is 10.9. The number of nitrogens with one attached hydrogen (secondary N) is 1. The molecule has 0 saturated carbocycles. The highest BCUT2D eigenvalue weighted by Gasteiger charge is 2.01. The third-order valence-electron chi connectivity index (χ3n) is 1.40. The molecule has 3 nitrogen and oxygen atoms in total. The lowest BCUT2D eigenvalue weighted by molar-refractivity contribution is -0.121. The van der Waals surface area contributed by atoms with Crippen molar-refractivity contribution >= 4 is 5.91 Å². The Morgan fingerprint density at radius 3 is 2.73 bits per heavy atom. The average molecular weight is 158 g/mol. The van der Waals surface area contributed by atoms with E-state index in [1.807, 2.05) is 13.8 Å². The summed E-state index contributed by atoms with van der Waals surface area (Å²) in [6.07, 6.45) is 2.32. The predicted octanol–water partition coefficient (Wildman–Crippen LogP) is 0.640. The van der Waals surface area contributed by atoms with E-state index >= 15 is 0 Å². The molecule has 0 fully saturated rings. The molecule has 1 amide bonds. The molecule has 1 atom stereocenters. The van der Waals surface area contributed by atoms with Gasteiger partial charge in [0, 0.05) is 19.0 Å². The van der Waals surface area contributed by atoms with Crippen molar-refractivity contribution < 1.29 is 4.79 Å². The van der Waals surface area contributed by atoms with Gasteiger partial charge in [-0.15, -0.1) is 0 Å². The molecule has 66 valence electrons. The summed E-state index contributed by atoms with van der Waals surface area (Å²) in [6.45, 7) is 4.72. The number of nitrogens with two attached hydrogens (primary N) is 1. The first-order valence-electron chi connectivity index (χ1n) is 4.19. The van der Waals surface area contributed by atoms with E-state index in [0.717, 1.165) is 19.4 Å². The van der Waals surface area contributed by atoms with Gasteiger partial charge >= 0.3 is 0 Å². The summed E-state index contributed by atoms with van der Waals surface area (Å²) in [5, 5.41) is 2.79. The van der Waals surface area contributed by atoms with Crippen molar-refractivity contribution in [3.63, 3.8) is 0 Å². The zero-order valence-electron chi connectivity index (χ0n) is 7.39. The van der Waals surface area contributed by atoms with Crippen molar-refractivity contribution in [1.82, 2.24) is 5.32 Å². The molecule has 0 aliphatic heterocycles. The Kier molecular flexibility index (Phi) is 5.84. The van der Waals surface area contributed by atoms with E-state index in [2.05, 4.69) is 5.32 Å². The van der Waals surface area contributed by atoms with Gasteiger partial charge in [-0.25, -0.2) is 0 Å². The van der Waals surface area contributed by atoms with Crippen LogP contribution in [0.5, 0.6) is 0 Å². The van der Waals surface area contributed by atoms with Gasteiger partial charge in [0.1, 0.15) is 0 Å². The Morgan fingerprint density at radius 1 is 1.64 bits per heavy atom. The summed E-state index contributed by atoms with van der Waals surface area (Å²) >= 11 is 0. The van der Waals surface area contributed by atoms with Crippen LogP contribution < -0.4 is 11.1 Å². The second-order valence-electron chi connectivity index (χ2n) is 2.87. The molecular weight excluding hydrogens is 140 g/mol. The van der Waals surface area contributed by atoms with E-state index in [-0.39, 0.29) is 11.9 Å². The second-order valence-corrected chi connectivity index (χ2v) is 2.87. The van der Waals surface area contributed by atoms with Gasteiger partial charge in [0.2, 0.25) is 5.91 Å². The van der Waals surface area contributed by atoms with Crippen LogP contribution in [0, 0.1) is 0 Å². The molecule has 3 N–H and O–H groups in total. The molecule has 0 aromatic rings. The number of rotatable bonds is 5. The standard InChI is InChI=1S/C8H18N2O/c1-3-6-10-8(11)5-4-7(2)9/h7H,3-6,9H2,1-2H3,(H,10,11)/t7-/m1/s1. The molecule has 0 aromatic carbocycles. The van der Waals surface area contributed by atoms with Gasteiger partial charge in [-0.2, -0.15) is 0 Å². The minimum Gasteiger partial charge on any atom is -0.356 e. The molecule has 0 radical (unpaired) electrons. The molecule has 0 rings (SSSR count). The van der Waals surface area contributed by atoms with Gasteiger partial charge in [0.15, 0.2) is 0 Å². The maximum atomic E-state index is 10.9. The van der Waals surface area contributed by atoms with E-state index in [9.17, 15) is 4.79 Å². The van der Waals surface area contributed by atoms with Gasteiger partial charge in [-0.05, 0) is 19.8 Å². The largest absolute Gasteiger partial charge is 0.356 e. The first-order chi connectivity index (χ1) is 5.16. The number of carbonyl (C=O) groups excluding carboxylic acids is 1. The highest BCUT2D eigenvalue weighted by Crippen LogP contribution is 1.92. The highest BCUT2D eigenvalue weighted by molar-refractivity contribution is 5.75. The van der Waals surface area contributed by atoms with Crippen LogP contribution in [-0.4, -0.2) is 18.5 Å². The summed E-state index contributed by atoms with van der Waals surface area (Å²) < 4.78 is 0. The summed E-state index contributed by atoms with van der Waals surface area (Å²) in [7, 11) is 0. The van der Waals surface area contributed by atoms with Crippen LogP contribution in [0.1, 0.15) is 33.1 Å². The highest BCUT2D eigenvalue weighted by atomic mass is 16.1. The minimum absolute atomic E-state index is 0.115. The van der Waals surface area contributed by atoms with Crippen LogP contribution >= 0.6 is 0 Å². The smallest absolute Gasteiger partial charge is 0.220 e. The van der Waals surface area contributed by atoms with Gasteiger partial charge < -0.3 is 11.1 Å². The molecule has 0 bridgehead atoms. The van der Waals surface area contributed by atoms with Crippen LogP contribution in [0.3, 0.4) is 0 Å². The Hall–Kier alpha value is -0.570. The Balaban J connectivity index is 3.23. The number of hydrogen-bond acceptors (Lipinski definition) is 2. The van der Waals surface area contributed by atoms with E-state index in [1.165, 1.54) is 0 Å². The molecule has 0 saturated heterocycles. The maximum Gasteiger partial charge on any atom is 0.220 e. The van der Waals surface area contributed by atoms with Crippen LogP contribution in [0.2, 0.25) is 0 Å². The predicted molar refractivity (Wildman–Crippen MR) is 46.2 cm³/mol. The van der Waals surface area contributed by atoms with Crippen molar-refractivity contribution in [2.24, 2.45) is 5.73 Å². The Labute approximate surface area is 68.3 Å². The maximum absolute atomic E-state index is 10.9. The zero-order chi connectivity index (χ0) is 8.69. The molecule has 0 heterocycles. The van der Waals surface area contributed by atoms with Crippen LogP contribution in [-0.2, 0) is 4.79 Å². The van der Waals surface area contributed by atoms with Crippen molar-refractivity contribution in [3.05, 3.63) is 0 Å². The lowest BCUT2D eigenvalue weighted by Crippen LogP contribution is -2.26. The monoisotopic (exact) mass is 158 g/mol. The Morgan fingerprint density at radius 2 is 2.27 bits per heavy atom. The fraction of sp³-hybridized carbons (Fsp3) is 0.875. The fourth-order valence-electron chi connectivity index (χ4n) is 0.712. The lowest BCUT2D eigenvalue weighted by Gasteiger charge is -2.04. The third kappa shape index (κ3) is 7.33. The van der Waals surface area contributed by atoms with Crippen LogP contribution in [0.25, 0.3) is 0 Å². The zero-order valence-corrected chi connectivity index (χ0v) is 7.39. The SMILES string of the molecule is CCCNC(=O)CC[C@@H](C)N. The lowest BCUT2D eigenvalue weighted by atomic mass is 10.2. The van der Waals surface area contributed by atoms with E-state index < -0.39 is 0 Å². The number of carbonyl (C=O) groups is 1.